The Bertz CT molecular complexity index is 3470. The van der Waals surface area contributed by atoms with E-state index in [1.165, 1.54) is 0 Å². The van der Waals surface area contributed by atoms with Crippen LogP contribution in [-0.2, 0) is 0 Å². The molecule has 0 spiro atoms. The number of hydrogen-bond donors (Lipinski definition) is 0. The van der Waals surface area contributed by atoms with Crippen LogP contribution in [0.3, 0.4) is 0 Å². The van der Waals surface area contributed by atoms with E-state index in [1.807, 2.05) is 60.7 Å². The Morgan fingerprint density at radius 2 is 0.780 bits per heavy atom. The number of fused-ring (bicyclic) bond motifs is 7. The van der Waals surface area contributed by atoms with Crippen molar-refractivity contribution in [2.24, 2.45) is 0 Å². The van der Waals surface area contributed by atoms with Crippen molar-refractivity contribution in [2.75, 3.05) is 0 Å². The van der Waals surface area contributed by atoms with Crippen molar-refractivity contribution in [3.63, 3.8) is 0 Å². The number of aromatic nitrogens is 2. The fraction of sp³-hybridized carbons (Fsp3) is 0. The summed E-state index contributed by atoms with van der Waals surface area (Å²) in [6, 6.07) is 32.5. The van der Waals surface area contributed by atoms with E-state index in [0.717, 1.165) is 11.1 Å². The van der Waals surface area contributed by atoms with Crippen molar-refractivity contribution >= 4 is 43.6 Å². The lowest BCUT2D eigenvalue weighted by molar-refractivity contribution is 1.17. The molecule has 0 aliphatic heterocycles. The van der Waals surface area contributed by atoms with Gasteiger partial charge in [0.15, 0.2) is 0 Å². The van der Waals surface area contributed by atoms with Gasteiger partial charge in [0.25, 0.3) is 0 Å². The molecular weight excluding hydrogens is 605 g/mol. The fourth-order valence-electron chi connectivity index (χ4n) is 7.00. The zero-order valence-electron chi connectivity index (χ0n) is 38.4. The second kappa shape index (κ2) is 11.5. The Morgan fingerprint density at radius 3 is 1.32 bits per heavy atom. The average molecular weight is 649 g/mol. The van der Waals surface area contributed by atoms with E-state index in [2.05, 4.69) is 0 Å². The summed E-state index contributed by atoms with van der Waals surface area (Å²) in [6.45, 7) is 0. The third-order valence-electron chi connectivity index (χ3n) is 9.24. The molecule has 10 rings (SSSR count). The van der Waals surface area contributed by atoms with Crippen molar-refractivity contribution in [1.82, 2.24) is 9.13 Å². The molecule has 8 aromatic carbocycles. The SMILES string of the molecule is [2H]c1cccc(-c2cc(-c3cccc([2H])c3)cc(-n3c4c([2H])c([2H])c([2H])c([2H])c4c4c5c6c([2H])c([2H])c([2H])c([2H])c6n(-c6ccc(-c7ccccc7)cc6)c5c([2H])c([2H])c43)c2)c1. The molecule has 0 unspecified atom stereocenters. The highest BCUT2D eigenvalue weighted by molar-refractivity contribution is 6.28. The van der Waals surface area contributed by atoms with Gasteiger partial charge in [-0.25, -0.2) is 0 Å². The first-order chi connectivity index (χ1) is 29.8. The van der Waals surface area contributed by atoms with E-state index in [0.29, 0.717) is 33.6 Å². The third-order valence-corrected chi connectivity index (χ3v) is 9.24. The molecule has 0 saturated carbocycles. The minimum atomic E-state index is -0.535. The van der Waals surface area contributed by atoms with Crippen LogP contribution in [0.25, 0.3) is 88.4 Å². The van der Waals surface area contributed by atoms with Crippen LogP contribution in [0.2, 0.25) is 0 Å². The molecule has 2 heterocycles. The lowest BCUT2D eigenvalue weighted by Crippen LogP contribution is -1.96. The Labute approximate surface area is 307 Å². The lowest BCUT2D eigenvalue weighted by Gasteiger charge is -2.14. The minimum Gasteiger partial charge on any atom is -0.309 e. The van der Waals surface area contributed by atoms with Crippen LogP contribution >= 0.6 is 0 Å². The Hall–Kier alpha value is -6.64. The second-order valence-corrected chi connectivity index (χ2v) is 12.1. The van der Waals surface area contributed by atoms with Crippen LogP contribution < -0.4 is 0 Å². The molecule has 0 atom stereocenters. The van der Waals surface area contributed by atoms with Gasteiger partial charge in [0, 0.05) is 32.9 Å². The maximum absolute atomic E-state index is 9.85. The normalized spacial score (nSPS) is 15.0. The third kappa shape index (κ3) is 4.50. The standard InChI is InChI=1S/C48H32N2/c1-4-14-33(15-5-1)36-24-26-39(27-25-36)49-43-22-12-10-20-41(43)47-45(49)28-29-46-48(47)42-21-11-13-23-44(42)50(46)40-31-37(34-16-6-2-7-17-34)30-38(32-40)35-18-8-3-9-19-35/h1-32H/i6D,8D,10D,11D,12D,13D,20D,21D,22D,23D,28D,29D. The first kappa shape index (κ1) is 18.8. The topological polar surface area (TPSA) is 9.86 Å². The Balaban J connectivity index is 1.42. The molecular formula is C48H32N2. The fourth-order valence-corrected chi connectivity index (χ4v) is 7.00. The van der Waals surface area contributed by atoms with Gasteiger partial charge in [-0.1, -0.05) is 139 Å². The maximum Gasteiger partial charge on any atom is 0.0646 e. The monoisotopic (exact) mass is 648 g/mol. The van der Waals surface area contributed by atoms with Crippen molar-refractivity contribution in [2.45, 2.75) is 0 Å². The summed E-state index contributed by atoms with van der Waals surface area (Å²) < 4.78 is 112. The maximum atomic E-state index is 9.85. The van der Waals surface area contributed by atoms with Gasteiger partial charge in [0.05, 0.1) is 38.5 Å². The van der Waals surface area contributed by atoms with Crippen molar-refractivity contribution in [1.29, 1.82) is 0 Å². The smallest absolute Gasteiger partial charge is 0.0646 e. The number of rotatable bonds is 5. The summed E-state index contributed by atoms with van der Waals surface area (Å²) in [5.41, 5.74) is 5.48. The number of benzene rings is 8. The zero-order valence-corrected chi connectivity index (χ0v) is 26.4. The highest BCUT2D eigenvalue weighted by atomic mass is 15.0. The number of nitrogens with zero attached hydrogens (tertiary/aromatic N) is 2. The van der Waals surface area contributed by atoms with Crippen molar-refractivity contribution in [3.05, 3.63) is 194 Å². The van der Waals surface area contributed by atoms with E-state index in [-0.39, 0.29) is 73.8 Å². The van der Waals surface area contributed by atoms with Crippen LogP contribution in [0, 0.1) is 0 Å². The molecule has 50 heavy (non-hydrogen) atoms. The Morgan fingerprint density at radius 1 is 0.320 bits per heavy atom. The molecule has 0 aliphatic carbocycles. The predicted octanol–water partition coefficient (Wildman–Crippen LogP) is 12.9. The summed E-state index contributed by atoms with van der Waals surface area (Å²) in [7, 11) is 0. The van der Waals surface area contributed by atoms with Gasteiger partial charge >= 0.3 is 0 Å². The van der Waals surface area contributed by atoms with E-state index in [1.54, 1.807) is 69.8 Å². The molecule has 0 aliphatic rings. The van der Waals surface area contributed by atoms with E-state index >= 15 is 0 Å². The van der Waals surface area contributed by atoms with Gasteiger partial charge < -0.3 is 9.13 Å². The van der Waals surface area contributed by atoms with Crippen LogP contribution in [0.15, 0.2) is 194 Å². The second-order valence-electron chi connectivity index (χ2n) is 12.1. The molecule has 10 aromatic rings. The van der Waals surface area contributed by atoms with Gasteiger partial charge in [-0.3, -0.25) is 0 Å². The first-order valence-corrected chi connectivity index (χ1v) is 16.2. The first-order valence-electron chi connectivity index (χ1n) is 22.2. The molecule has 2 nitrogen and oxygen atoms in total. The molecule has 2 aromatic heterocycles. The number of para-hydroxylation sites is 2. The molecule has 0 N–H and O–H groups in total. The van der Waals surface area contributed by atoms with Crippen molar-refractivity contribution < 1.29 is 16.4 Å². The zero-order chi connectivity index (χ0) is 43.5. The summed E-state index contributed by atoms with van der Waals surface area (Å²) in [6.07, 6.45) is 0. The average Bonchev–Trinajstić information content (AvgIpc) is 3.83. The molecule has 0 fully saturated rings. The van der Waals surface area contributed by atoms with E-state index in [4.69, 9.17) is 8.22 Å². The minimum absolute atomic E-state index is 0.00642. The summed E-state index contributed by atoms with van der Waals surface area (Å²) in [5.74, 6) is 0. The summed E-state index contributed by atoms with van der Waals surface area (Å²) in [5, 5.41) is 0.329. The van der Waals surface area contributed by atoms with Crippen LogP contribution in [0.5, 0.6) is 0 Å². The van der Waals surface area contributed by atoms with Gasteiger partial charge in [-0.15, -0.1) is 0 Å². The highest BCUT2D eigenvalue weighted by Crippen LogP contribution is 2.43. The predicted molar refractivity (Wildman–Crippen MR) is 211 cm³/mol. The molecule has 0 saturated heterocycles. The lowest BCUT2D eigenvalue weighted by atomic mass is 9.98. The molecule has 0 bridgehead atoms. The van der Waals surface area contributed by atoms with Crippen LogP contribution in [-0.4, -0.2) is 9.13 Å². The van der Waals surface area contributed by atoms with Gasteiger partial charge in [0.2, 0.25) is 0 Å². The molecule has 0 radical (unpaired) electrons. The van der Waals surface area contributed by atoms with Gasteiger partial charge in [0.1, 0.15) is 0 Å². The molecule has 2 heteroatoms. The van der Waals surface area contributed by atoms with E-state index < -0.39 is 42.3 Å². The van der Waals surface area contributed by atoms with Crippen molar-refractivity contribution in [3.8, 4) is 44.8 Å². The van der Waals surface area contributed by atoms with Crippen LogP contribution in [0.1, 0.15) is 16.4 Å². The van der Waals surface area contributed by atoms with Gasteiger partial charge in [-0.2, -0.15) is 0 Å². The highest BCUT2D eigenvalue weighted by Gasteiger charge is 2.21. The summed E-state index contributed by atoms with van der Waals surface area (Å²) >= 11 is 0. The van der Waals surface area contributed by atoms with E-state index in [9.17, 15) is 8.22 Å². The van der Waals surface area contributed by atoms with Crippen LogP contribution in [0.4, 0.5) is 0 Å². The quantitative estimate of drug-likeness (QED) is 0.176. The molecule has 234 valence electrons. The number of hydrogen-bond acceptors (Lipinski definition) is 0. The Kier molecular flexibility index (Phi) is 4.32. The summed E-state index contributed by atoms with van der Waals surface area (Å²) in [4.78, 5) is 0. The largest absolute Gasteiger partial charge is 0.309 e. The van der Waals surface area contributed by atoms with Gasteiger partial charge in [-0.05, 0) is 87.9 Å². The molecule has 0 amide bonds.